The lowest BCUT2D eigenvalue weighted by Gasteiger charge is -2.36. The number of hydrogen-bond acceptors (Lipinski definition) is 6. The second-order valence-electron chi connectivity index (χ2n) is 9.95. The summed E-state index contributed by atoms with van der Waals surface area (Å²) in [7, 11) is 0. The average Bonchev–Trinajstić information content (AvgIpc) is 3.21. The van der Waals surface area contributed by atoms with Crippen LogP contribution in [0, 0.1) is 16.7 Å². The van der Waals surface area contributed by atoms with Crippen molar-refractivity contribution in [3.8, 4) is 0 Å². The van der Waals surface area contributed by atoms with Crippen LogP contribution in [0.3, 0.4) is 0 Å². The van der Waals surface area contributed by atoms with Gasteiger partial charge in [0.25, 0.3) is 5.91 Å². The van der Waals surface area contributed by atoms with Crippen LogP contribution in [0.15, 0.2) is 24.3 Å². The van der Waals surface area contributed by atoms with Crippen molar-refractivity contribution in [1.29, 1.82) is 5.41 Å². The fourth-order valence-electron chi connectivity index (χ4n) is 4.96. The Morgan fingerprint density at radius 2 is 2.00 bits per heavy atom. The third-order valence-corrected chi connectivity index (χ3v) is 6.69. The van der Waals surface area contributed by atoms with Crippen molar-refractivity contribution in [2.45, 2.75) is 58.0 Å². The van der Waals surface area contributed by atoms with Gasteiger partial charge in [-0.2, -0.15) is 0 Å². The van der Waals surface area contributed by atoms with Crippen molar-refractivity contribution in [3.05, 3.63) is 29.8 Å². The van der Waals surface area contributed by atoms with Gasteiger partial charge in [0.05, 0.1) is 6.54 Å². The summed E-state index contributed by atoms with van der Waals surface area (Å²) in [6, 6.07) is 6.12. The summed E-state index contributed by atoms with van der Waals surface area (Å²) < 4.78 is 0. The maximum atomic E-state index is 13.1. The number of para-hydroxylation sites is 1. The number of carbonyl (C=O) groups excluding carboxylic acids is 3. The molecule has 1 saturated heterocycles. The van der Waals surface area contributed by atoms with Crippen molar-refractivity contribution < 1.29 is 19.5 Å². The number of amides is 3. The lowest BCUT2D eigenvalue weighted by Crippen LogP contribution is -2.51. The van der Waals surface area contributed by atoms with Gasteiger partial charge < -0.3 is 26.4 Å². The van der Waals surface area contributed by atoms with Crippen molar-refractivity contribution in [1.82, 2.24) is 10.2 Å². The predicted molar refractivity (Wildman–Crippen MR) is 126 cm³/mol. The molecule has 1 aromatic rings. The lowest BCUT2D eigenvalue weighted by atomic mass is 9.75. The van der Waals surface area contributed by atoms with Crippen LogP contribution in [0.2, 0.25) is 0 Å². The van der Waals surface area contributed by atoms with Gasteiger partial charge in [-0.3, -0.25) is 19.8 Å². The normalized spacial score (nSPS) is 24.2. The molecule has 9 heteroatoms. The van der Waals surface area contributed by atoms with Crippen LogP contribution in [0.1, 0.15) is 51.5 Å². The van der Waals surface area contributed by atoms with E-state index in [2.05, 4.69) is 24.5 Å². The molecule has 0 bridgehead atoms. The summed E-state index contributed by atoms with van der Waals surface area (Å²) in [6.07, 6.45) is 4.47. The summed E-state index contributed by atoms with van der Waals surface area (Å²) in [5, 5.41) is 23.7. The number of hydrogen-bond donors (Lipinski definition) is 5. The van der Waals surface area contributed by atoms with E-state index in [0.717, 1.165) is 25.7 Å². The quantitative estimate of drug-likeness (QED) is 0.373. The van der Waals surface area contributed by atoms with Gasteiger partial charge in [0, 0.05) is 36.4 Å². The Balaban J connectivity index is 1.66. The molecule has 0 aromatic heterocycles. The highest BCUT2D eigenvalue weighted by Gasteiger charge is 2.40. The minimum Gasteiger partial charge on any atom is -0.396 e. The van der Waals surface area contributed by atoms with E-state index in [0.29, 0.717) is 24.2 Å². The van der Waals surface area contributed by atoms with Crippen LogP contribution >= 0.6 is 0 Å². The summed E-state index contributed by atoms with van der Waals surface area (Å²) >= 11 is 0. The molecule has 2 aliphatic rings. The van der Waals surface area contributed by atoms with Gasteiger partial charge in [0.2, 0.25) is 11.8 Å². The van der Waals surface area contributed by atoms with Gasteiger partial charge >= 0.3 is 0 Å². The number of carbonyl (C=O) groups is 3. The predicted octanol–water partition coefficient (Wildman–Crippen LogP) is 1.25. The molecule has 3 rings (SSSR count). The molecule has 2 fully saturated rings. The first-order valence-electron chi connectivity index (χ1n) is 11.5. The summed E-state index contributed by atoms with van der Waals surface area (Å²) in [5.41, 5.74) is 5.82. The van der Waals surface area contributed by atoms with Crippen molar-refractivity contribution >= 4 is 29.1 Å². The largest absolute Gasteiger partial charge is 0.396 e. The molecule has 3 atom stereocenters. The smallest absolute Gasteiger partial charge is 0.267 e. The highest BCUT2D eigenvalue weighted by Crippen LogP contribution is 2.35. The van der Waals surface area contributed by atoms with E-state index in [1.165, 1.54) is 4.90 Å². The van der Waals surface area contributed by atoms with Gasteiger partial charge in [0.1, 0.15) is 11.8 Å². The molecular formula is C24H35N5O4. The Morgan fingerprint density at radius 1 is 1.27 bits per heavy atom. The average molecular weight is 458 g/mol. The first kappa shape index (κ1) is 24.7. The molecule has 1 aliphatic carbocycles. The fourth-order valence-corrected chi connectivity index (χ4v) is 4.96. The van der Waals surface area contributed by atoms with Crippen LogP contribution in [0.25, 0.3) is 0 Å². The summed E-state index contributed by atoms with van der Waals surface area (Å²) in [5.74, 6) is -1.46. The van der Waals surface area contributed by atoms with E-state index >= 15 is 0 Å². The zero-order valence-electron chi connectivity index (χ0n) is 19.4. The monoisotopic (exact) mass is 457 g/mol. The highest BCUT2D eigenvalue weighted by atomic mass is 16.3. The molecule has 1 heterocycles. The van der Waals surface area contributed by atoms with Crippen LogP contribution < -0.4 is 16.4 Å². The Hall–Kier alpha value is -2.94. The third-order valence-electron chi connectivity index (χ3n) is 6.69. The first-order valence-corrected chi connectivity index (χ1v) is 11.5. The molecule has 0 spiro atoms. The van der Waals surface area contributed by atoms with Gasteiger partial charge in [-0.05, 0) is 37.2 Å². The van der Waals surface area contributed by atoms with Crippen LogP contribution in [-0.2, 0) is 14.4 Å². The molecule has 33 heavy (non-hydrogen) atoms. The zero-order chi connectivity index (χ0) is 24.2. The minimum absolute atomic E-state index is 0.0872. The number of primary amides is 1. The standard InChI is InChI=1S/C24H35N5O4/c1-24(2)9-5-6-16(11-24)28-23(33)19-10-15(14-30)13-29(19)20(31)12-27-18-8-4-3-7-17(18)21(25)22(26)32/h3-4,7-8,15-16,19,25,27,30H,5-6,9-14H2,1-2H3,(H2,26,32)(H,28,33)/t15-,16+,19-/m0/s1. The molecule has 1 aromatic carbocycles. The molecule has 0 radical (unpaired) electrons. The molecule has 6 N–H and O–H groups in total. The molecule has 1 saturated carbocycles. The zero-order valence-corrected chi connectivity index (χ0v) is 19.4. The number of likely N-dealkylation sites (tertiary alicyclic amines) is 1. The fraction of sp³-hybridized carbons (Fsp3) is 0.583. The van der Waals surface area contributed by atoms with E-state index in [1.54, 1.807) is 24.3 Å². The molecule has 1 aliphatic heterocycles. The first-order chi connectivity index (χ1) is 15.6. The molecule has 3 amide bonds. The highest BCUT2D eigenvalue weighted by molar-refractivity contribution is 6.44. The topological polar surface area (TPSA) is 149 Å². The number of aliphatic hydroxyl groups is 1. The summed E-state index contributed by atoms with van der Waals surface area (Å²) in [6.45, 7) is 4.53. The van der Waals surface area contributed by atoms with E-state index in [9.17, 15) is 19.5 Å². The van der Waals surface area contributed by atoms with E-state index < -0.39 is 11.9 Å². The Bertz CT molecular complexity index is 916. The Labute approximate surface area is 194 Å². The lowest BCUT2D eigenvalue weighted by molar-refractivity contribution is -0.137. The Morgan fingerprint density at radius 3 is 2.67 bits per heavy atom. The second-order valence-corrected chi connectivity index (χ2v) is 9.95. The number of anilines is 1. The number of nitrogens with zero attached hydrogens (tertiary/aromatic N) is 1. The molecular weight excluding hydrogens is 422 g/mol. The Kier molecular flexibility index (Phi) is 7.73. The van der Waals surface area contributed by atoms with Crippen LogP contribution in [0.4, 0.5) is 5.69 Å². The van der Waals surface area contributed by atoms with Crippen molar-refractivity contribution in [3.63, 3.8) is 0 Å². The number of benzene rings is 1. The van der Waals surface area contributed by atoms with Crippen LogP contribution in [0.5, 0.6) is 0 Å². The van der Waals surface area contributed by atoms with E-state index in [1.807, 2.05) is 0 Å². The van der Waals surface area contributed by atoms with Gasteiger partial charge in [-0.25, -0.2) is 0 Å². The van der Waals surface area contributed by atoms with Crippen LogP contribution in [-0.4, -0.2) is 65.2 Å². The van der Waals surface area contributed by atoms with E-state index in [-0.39, 0.29) is 48.1 Å². The number of rotatable bonds is 8. The molecule has 0 unspecified atom stereocenters. The number of nitrogens with one attached hydrogen (secondary N) is 3. The van der Waals surface area contributed by atoms with Crippen molar-refractivity contribution in [2.75, 3.05) is 25.0 Å². The van der Waals surface area contributed by atoms with Gasteiger partial charge in [-0.15, -0.1) is 0 Å². The number of nitrogens with two attached hydrogens (primary N) is 1. The summed E-state index contributed by atoms with van der Waals surface area (Å²) in [4.78, 5) is 39.1. The molecule has 180 valence electrons. The third kappa shape index (κ3) is 6.10. The SMILES string of the molecule is CC1(C)CCC[C@@H](NC(=O)[C@@H]2C[C@H](CO)CN2C(=O)CNc2ccccc2C(=N)C(N)=O)C1. The van der Waals surface area contributed by atoms with Crippen molar-refractivity contribution in [2.24, 2.45) is 17.1 Å². The maximum Gasteiger partial charge on any atom is 0.267 e. The van der Waals surface area contributed by atoms with E-state index in [4.69, 9.17) is 11.1 Å². The van der Waals surface area contributed by atoms with Gasteiger partial charge in [0.15, 0.2) is 0 Å². The minimum atomic E-state index is -0.858. The number of aliphatic hydroxyl groups excluding tert-OH is 1. The maximum absolute atomic E-state index is 13.1. The second kappa shape index (κ2) is 10.3. The molecule has 9 nitrogen and oxygen atoms in total. The van der Waals surface area contributed by atoms with Gasteiger partial charge in [-0.1, -0.05) is 38.5 Å².